The molecule has 1 amide bonds. The van der Waals surface area contributed by atoms with E-state index in [1.165, 1.54) is 7.11 Å². The van der Waals surface area contributed by atoms with Gasteiger partial charge in [0.15, 0.2) is 0 Å². The molecule has 2 aliphatic rings. The summed E-state index contributed by atoms with van der Waals surface area (Å²) in [7, 11) is 1.37. The first-order chi connectivity index (χ1) is 10.7. The van der Waals surface area contributed by atoms with Crippen LogP contribution in [0.1, 0.15) is 28.8 Å². The summed E-state index contributed by atoms with van der Waals surface area (Å²) in [5.74, 6) is 1.03. The maximum Gasteiger partial charge on any atom is 0.337 e. The zero-order valence-electron chi connectivity index (χ0n) is 12.7. The number of carbonyl (C=O) groups excluding carboxylic acids is 2. The van der Waals surface area contributed by atoms with E-state index in [2.05, 4.69) is 17.5 Å². The molecular weight excluding hydrogens is 278 g/mol. The Balaban J connectivity index is 1.50. The second kappa shape index (κ2) is 6.34. The van der Waals surface area contributed by atoms with Gasteiger partial charge in [-0.2, -0.15) is 0 Å². The molecule has 0 saturated heterocycles. The van der Waals surface area contributed by atoms with E-state index in [1.807, 2.05) is 18.2 Å². The Kier molecular flexibility index (Phi) is 4.27. The van der Waals surface area contributed by atoms with Crippen molar-refractivity contribution in [2.75, 3.05) is 13.7 Å². The molecule has 1 aromatic rings. The number of carbonyl (C=O) groups is 2. The molecule has 3 rings (SSSR count). The molecule has 1 N–H and O–H groups in total. The van der Waals surface area contributed by atoms with Gasteiger partial charge in [-0.1, -0.05) is 24.3 Å². The highest BCUT2D eigenvalue weighted by Crippen LogP contribution is 2.43. The fourth-order valence-electron chi connectivity index (χ4n) is 3.51. The molecule has 22 heavy (non-hydrogen) atoms. The standard InChI is InChI=1S/C18H21NO3/c1-22-18(21)15-4-2-3-12(9-15)7-8-19-17(20)16-11-13-5-6-14(16)10-13/h2-6,9,13-14,16H,7-8,10-11H2,1H3,(H,19,20). The molecule has 4 nitrogen and oxygen atoms in total. The number of fused-ring (bicyclic) bond motifs is 2. The Morgan fingerprint density at radius 1 is 1.27 bits per heavy atom. The third-order valence-corrected chi connectivity index (χ3v) is 4.68. The van der Waals surface area contributed by atoms with Crippen LogP contribution < -0.4 is 5.32 Å². The van der Waals surface area contributed by atoms with Crippen molar-refractivity contribution < 1.29 is 14.3 Å². The van der Waals surface area contributed by atoms with Crippen molar-refractivity contribution in [3.63, 3.8) is 0 Å². The molecule has 3 atom stereocenters. The summed E-state index contributed by atoms with van der Waals surface area (Å²) in [6.45, 7) is 0.598. The van der Waals surface area contributed by atoms with Crippen LogP contribution in [0.2, 0.25) is 0 Å². The maximum atomic E-state index is 12.2. The minimum Gasteiger partial charge on any atom is -0.465 e. The van der Waals surface area contributed by atoms with Gasteiger partial charge < -0.3 is 10.1 Å². The van der Waals surface area contributed by atoms with E-state index in [9.17, 15) is 9.59 Å². The van der Waals surface area contributed by atoms with Crippen LogP contribution >= 0.6 is 0 Å². The first-order valence-corrected chi connectivity index (χ1v) is 7.80. The smallest absolute Gasteiger partial charge is 0.337 e. The molecule has 3 unspecified atom stereocenters. The first kappa shape index (κ1) is 14.8. The summed E-state index contributed by atoms with van der Waals surface area (Å²) in [5, 5.41) is 3.03. The fraction of sp³-hybridized carbons (Fsp3) is 0.444. The predicted molar refractivity (Wildman–Crippen MR) is 83.3 cm³/mol. The average Bonchev–Trinajstić information content (AvgIpc) is 3.17. The summed E-state index contributed by atoms with van der Waals surface area (Å²) >= 11 is 0. The van der Waals surface area contributed by atoms with Crippen molar-refractivity contribution >= 4 is 11.9 Å². The summed E-state index contributed by atoms with van der Waals surface area (Å²) in [4.78, 5) is 23.7. The molecule has 116 valence electrons. The van der Waals surface area contributed by atoms with Crippen LogP contribution in [0.15, 0.2) is 36.4 Å². The van der Waals surface area contributed by atoms with Gasteiger partial charge in [-0.15, -0.1) is 0 Å². The fourth-order valence-corrected chi connectivity index (χ4v) is 3.51. The predicted octanol–water partition coefficient (Wildman–Crippen LogP) is 2.34. The number of esters is 1. The number of hydrogen-bond donors (Lipinski definition) is 1. The van der Waals surface area contributed by atoms with Crippen LogP contribution in [-0.2, 0) is 16.0 Å². The van der Waals surface area contributed by atoms with Gasteiger partial charge >= 0.3 is 5.97 Å². The number of benzene rings is 1. The Morgan fingerprint density at radius 3 is 2.82 bits per heavy atom. The summed E-state index contributed by atoms with van der Waals surface area (Å²) in [5.41, 5.74) is 1.57. The van der Waals surface area contributed by atoms with Crippen molar-refractivity contribution in [1.29, 1.82) is 0 Å². The van der Waals surface area contributed by atoms with E-state index in [0.717, 1.165) is 18.4 Å². The number of ether oxygens (including phenoxy) is 1. The van der Waals surface area contributed by atoms with E-state index in [1.54, 1.807) is 6.07 Å². The molecule has 2 aliphatic carbocycles. The number of methoxy groups -OCH3 is 1. The number of hydrogen-bond acceptors (Lipinski definition) is 3. The van der Waals surface area contributed by atoms with E-state index in [-0.39, 0.29) is 17.8 Å². The largest absolute Gasteiger partial charge is 0.465 e. The Bertz CT molecular complexity index is 608. The number of rotatable bonds is 5. The SMILES string of the molecule is COC(=O)c1cccc(CCNC(=O)C2CC3C=CC2C3)c1. The quantitative estimate of drug-likeness (QED) is 0.670. The summed E-state index contributed by atoms with van der Waals surface area (Å²) < 4.78 is 4.71. The first-order valence-electron chi connectivity index (χ1n) is 7.80. The van der Waals surface area contributed by atoms with E-state index in [4.69, 9.17) is 4.74 Å². The number of allylic oxidation sites excluding steroid dienone is 2. The molecule has 4 heteroatoms. The second-order valence-electron chi connectivity index (χ2n) is 6.12. The molecule has 0 heterocycles. The third kappa shape index (κ3) is 3.06. The zero-order chi connectivity index (χ0) is 15.5. The lowest BCUT2D eigenvalue weighted by Crippen LogP contribution is -2.34. The number of amides is 1. The third-order valence-electron chi connectivity index (χ3n) is 4.68. The maximum absolute atomic E-state index is 12.2. The highest BCUT2D eigenvalue weighted by molar-refractivity contribution is 5.89. The minimum atomic E-state index is -0.334. The zero-order valence-corrected chi connectivity index (χ0v) is 12.7. The van der Waals surface area contributed by atoms with E-state index >= 15 is 0 Å². The van der Waals surface area contributed by atoms with Crippen LogP contribution in [0.25, 0.3) is 0 Å². The van der Waals surface area contributed by atoms with Gasteiger partial charge in [-0.25, -0.2) is 4.79 Å². The summed E-state index contributed by atoms with van der Waals surface area (Å²) in [6, 6.07) is 7.34. The molecule has 0 radical (unpaired) electrons. The van der Waals surface area contributed by atoms with Crippen molar-refractivity contribution in [3.8, 4) is 0 Å². The molecule has 1 aromatic carbocycles. The molecule has 0 aromatic heterocycles. The lowest BCUT2D eigenvalue weighted by molar-refractivity contribution is -0.125. The van der Waals surface area contributed by atoms with Crippen LogP contribution in [-0.4, -0.2) is 25.5 Å². The van der Waals surface area contributed by atoms with Gasteiger partial charge in [-0.05, 0) is 48.8 Å². The van der Waals surface area contributed by atoms with Gasteiger partial charge in [0.05, 0.1) is 12.7 Å². The normalized spacial score (nSPS) is 25.2. The molecule has 0 aliphatic heterocycles. The van der Waals surface area contributed by atoms with Gasteiger partial charge in [0.2, 0.25) is 5.91 Å². The van der Waals surface area contributed by atoms with Crippen LogP contribution in [0, 0.1) is 17.8 Å². The molecular formula is C18H21NO3. The Hall–Kier alpha value is -2.10. The van der Waals surface area contributed by atoms with Crippen molar-refractivity contribution in [1.82, 2.24) is 5.32 Å². The van der Waals surface area contributed by atoms with Crippen molar-refractivity contribution in [2.24, 2.45) is 17.8 Å². The van der Waals surface area contributed by atoms with Gasteiger partial charge in [-0.3, -0.25) is 4.79 Å². The van der Waals surface area contributed by atoms with Gasteiger partial charge in [0.25, 0.3) is 0 Å². The Labute approximate surface area is 130 Å². The minimum absolute atomic E-state index is 0.149. The monoisotopic (exact) mass is 299 g/mol. The second-order valence-corrected chi connectivity index (χ2v) is 6.12. The molecule has 1 saturated carbocycles. The van der Waals surface area contributed by atoms with Crippen LogP contribution in [0.5, 0.6) is 0 Å². The average molecular weight is 299 g/mol. The number of nitrogens with one attached hydrogen (secondary N) is 1. The summed E-state index contributed by atoms with van der Waals surface area (Å²) in [6.07, 6.45) is 7.28. The van der Waals surface area contributed by atoms with Gasteiger partial charge in [0, 0.05) is 12.5 Å². The van der Waals surface area contributed by atoms with E-state index < -0.39 is 0 Å². The van der Waals surface area contributed by atoms with Crippen LogP contribution in [0.3, 0.4) is 0 Å². The van der Waals surface area contributed by atoms with Gasteiger partial charge in [0.1, 0.15) is 0 Å². The van der Waals surface area contributed by atoms with Crippen molar-refractivity contribution in [2.45, 2.75) is 19.3 Å². The lowest BCUT2D eigenvalue weighted by atomic mass is 9.93. The highest BCUT2D eigenvalue weighted by Gasteiger charge is 2.39. The molecule has 0 spiro atoms. The molecule has 1 fully saturated rings. The highest BCUT2D eigenvalue weighted by atomic mass is 16.5. The van der Waals surface area contributed by atoms with Crippen molar-refractivity contribution in [3.05, 3.63) is 47.5 Å². The Morgan fingerprint density at radius 2 is 2.14 bits per heavy atom. The topological polar surface area (TPSA) is 55.4 Å². The molecule has 2 bridgehead atoms. The van der Waals surface area contributed by atoms with E-state index in [0.29, 0.717) is 30.4 Å². The lowest BCUT2D eigenvalue weighted by Gasteiger charge is -2.17. The van der Waals surface area contributed by atoms with Crippen LogP contribution in [0.4, 0.5) is 0 Å².